The van der Waals surface area contributed by atoms with Gasteiger partial charge in [0.2, 0.25) is 0 Å². The van der Waals surface area contributed by atoms with Crippen LogP contribution in [0.4, 0.5) is 5.69 Å². The molecular weight excluding hydrogens is 250 g/mol. The number of anilines is 1. The van der Waals surface area contributed by atoms with E-state index in [0.29, 0.717) is 5.56 Å². The van der Waals surface area contributed by atoms with Gasteiger partial charge in [-0.25, -0.2) is 0 Å². The molecule has 0 radical (unpaired) electrons. The van der Waals surface area contributed by atoms with Crippen LogP contribution in [-0.4, -0.2) is 26.0 Å². The molecule has 0 aromatic heterocycles. The first kappa shape index (κ1) is 15.8. The topological polar surface area (TPSA) is 44.4 Å². The molecule has 0 unspecified atom stereocenters. The summed E-state index contributed by atoms with van der Waals surface area (Å²) in [7, 11) is 1.64. The predicted octanol–water partition coefficient (Wildman–Crippen LogP) is 2.51. The summed E-state index contributed by atoms with van der Waals surface area (Å²) < 4.78 is 0. The first-order chi connectivity index (χ1) is 9.65. The quantitative estimate of drug-likeness (QED) is 0.802. The Morgan fingerprint density at radius 3 is 2.75 bits per heavy atom. The molecule has 4 heteroatoms. The van der Waals surface area contributed by atoms with Crippen molar-refractivity contribution < 1.29 is 4.79 Å². The molecule has 0 aliphatic rings. The molecule has 1 amide bonds. The van der Waals surface area contributed by atoms with E-state index in [-0.39, 0.29) is 5.91 Å². The van der Waals surface area contributed by atoms with Crippen LogP contribution in [0.3, 0.4) is 0 Å². The van der Waals surface area contributed by atoms with Crippen molar-refractivity contribution in [2.75, 3.05) is 25.0 Å². The van der Waals surface area contributed by atoms with Crippen molar-refractivity contribution in [2.45, 2.75) is 13.8 Å². The van der Waals surface area contributed by atoms with E-state index in [2.05, 4.69) is 29.0 Å². The lowest BCUT2D eigenvalue weighted by Crippen LogP contribution is -2.29. The van der Waals surface area contributed by atoms with Gasteiger partial charge in [-0.15, -0.1) is 0 Å². The van der Waals surface area contributed by atoms with E-state index in [9.17, 15) is 4.79 Å². The van der Waals surface area contributed by atoms with E-state index >= 15 is 0 Å². The summed E-state index contributed by atoms with van der Waals surface area (Å²) in [5, 5.41) is 5.76. The van der Waals surface area contributed by atoms with Crippen molar-refractivity contribution in [3.05, 3.63) is 54.4 Å². The van der Waals surface area contributed by atoms with E-state index in [1.807, 2.05) is 37.3 Å². The fraction of sp³-hybridized carbons (Fsp3) is 0.312. The number of hydrogen-bond donors (Lipinski definition) is 2. The minimum absolute atomic E-state index is 0.0709. The van der Waals surface area contributed by atoms with Crippen molar-refractivity contribution in [3.63, 3.8) is 0 Å². The van der Waals surface area contributed by atoms with E-state index < -0.39 is 0 Å². The smallest absolute Gasteiger partial charge is 0.251 e. The molecule has 0 bridgehead atoms. The third kappa shape index (κ3) is 4.16. The lowest BCUT2D eigenvalue weighted by atomic mass is 10.1. The fourth-order valence-electron chi connectivity index (χ4n) is 1.93. The molecular formula is C16H23N3O. The maximum Gasteiger partial charge on any atom is 0.251 e. The molecule has 4 nitrogen and oxygen atoms in total. The molecule has 0 fully saturated rings. The molecule has 20 heavy (non-hydrogen) atoms. The van der Waals surface area contributed by atoms with E-state index in [0.717, 1.165) is 24.5 Å². The molecule has 0 heterocycles. The highest BCUT2D eigenvalue weighted by Crippen LogP contribution is 2.17. The van der Waals surface area contributed by atoms with Crippen LogP contribution in [0.1, 0.15) is 24.2 Å². The SMILES string of the molecule is C=CN/C(=C\C)CN(CC)c1cccc(C(=O)NC)c1. The minimum atomic E-state index is -0.0709. The number of amides is 1. The molecule has 0 saturated carbocycles. The predicted molar refractivity (Wildman–Crippen MR) is 84.8 cm³/mol. The largest absolute Gasteiger partial charge is 0.366 e. The van der Waals surface area contributed by atoms with Gasteiger partial charge >= 0.3 is 0 Å². The molecule has 0 aliphatic carbocycles. The summed E-state index contributed by atoms with van der Waals surface area (Å²) in [5.41, 5.74) is 2.77. The van der Waals surface area contributed by atoms with Crippen molar-refractivity contribution in [3.8, 4) is 0 Å². The Morgan fingerprint density at radius 1 is 1.45 bits per heavy atom. The van der Waals surface area contributed by atoms with Crippen molar-refractivity contribution >= 4 is 11.6 Å². The minimum Gasteiger partial charge on any atom is -0.366 e. The highest BCUT2D eigenvalue weighted by molar-refractivity contribution is 5.94. The normalized spacial score (nSPS) is 10.8. The average Bonchev–Trinajstić information content (AvgIpc) is 2.50. The molecule has 1 aromatic carbocycles. The maximum atomic E-state index is 11.7. The van der Waals surface area contributed by atoms with Crippen LogP contribution in [0.2, 0.25) is 0 Å². The van der Waals surface area contributed by atoms with Crippen LogP contribution >= 0.6 is 0 Å². The van der Waals surface area contributed by atoms with Gasteiger partial charge in [-0.1, -0.05) is 18.7 Å². The fourth-order valence-corrected chi connectivity index (χ4v) is 1.93. The Morgan fingerprint density at radius 2 is 2.20 bits per heavy atom. The highest BCUT2D eigenvalue weighted by atomic mass is 16.1. The zero-order valence-electron chi connectivity index (χ0n) is 12.4. The van der Waals surface area contributed by atoms with E-state index in [4.69, 9.17) is 0 Å². The lowest BCUT2D eigenvalue weighted by molar-refractivity contribution is 0.0963. The number of likely N-dealkylation sites (N-methyl/N-ethyl adjacent to an activating group) is 1. The summed E-state index contributed by atoms with van der Waals surface area (Å²) in [6, 6.07) is 7.63. The molecule has 0 atom stereocenters. The Labute approximate surface area is 121 Å². The van der Waals surface area contributed by atoms with Crippen molar-refractivity contribution in [2.24, 2.45) is 0 Å². The Balaban J connectivity index is 2.94. The zero-order chi connectivity index (χ0) is 15.0. The van der Waals surface area contributed by atoms with Gasteiger partial charge in [0.15, 0.2) is 0 Å². The third-order valence-electron chi connectivity index (χ3n) is 3.08. The maximum absolute atomic E-state index is 11.7. The molecule has 1 aromatic rings. The van der Waals surface area contributed by atoms with Crippen LogP contribution in [0.25, 0.3) is 0 Å². The number of nitrogens with zero attached hydrogens (tertiary/aromatic N) is 1. The highest BCUT2D eigenvalue weighted by Gasteiger charge is 2.09. The van der Waals surface area contributed by atoms with Crippen LogP contribution in [0, 0.1) is 0 Å². The van der Waals surface area contributed by atoms with Gasteiger partial charge in [0.05, 0.1) is 6.54 Å². The monoisotopic (exact) mass is 273 g/mol. The molecule has 0 spiro atoms. The standard InChI is InChI=1S/C16H23N3O/c1-5-14(18-6-2)12-19(7-3)15-10-8-9-13(11-15)16(20)17-4/h5-6,8-11,18H,2,7,12H2,1,3-4H3,(H,17,20)/b14-5-. The van der Waals surface area contributed by atoms with Gasteiger partial charge in [-0.05, 0) is 38.2 Å². The first-order valence-corrected chi connectivity index (χ1v) is 6.76. The second-order valence-electron chi connectivity index (χ2n) is 4.31. The van der Waals surface area contributed by atoms with Crippen LogP contribution in [0.5, 0.6) is 0 Å². The first-order valence-electron chi connectivity index (χ1n) is 6.76. The van der Waals surface area contributed by atoms with Gasteiger partial charge in [0.25, 0.3) is 5.91 Å². The van der Waals surface area contributed by atoms with Gasteiger partial charge in [0, 0.05) is 30.5 Å². The van der Waals surface area contributed by atoms with Gasteiger partial charge < -0.3 is 15.5 Å². The lowest BCUT2D eigenvalue weighted by Gasteiger charge is -2.25. The molecule has 1 rings (SSSR count). The summed E-state index contributed by atoms with van der Waals surface area (Å²) in [5.74, 6) is -0.0709. The van der Waals surface area contributed by atoms with Gasteiger partial charge in [-0.2, -0.15) is 0 Å². The second-order valence-corrected chi connectivity index (χ2v) is 4.31. The molecule has 2 N–H and O–H groups in total. The van der Waals surface area contributed by atoms with Gasteiger partial charge in [0.1, 0.15) is 0 Å². The van der Waals surface area contributed by atoms with Crippen molar-refractivity contribution in [1.29, 1.82) is 0 Å². The summed E-state index contributed by atoms with van der Waals surface area (Å²) in [4.78, 5) is 13.9. The number of allylic oxidation sites excluding steroid dienone is 1. The second kappa shape index (κ2) is 8.04. The number of rotatable bonds is 7. The Hall–Kier alpha value is -2.23. The average molecular weight is 273 g/mol. The van der Waals surface area contributed by atoms with Crippen LogP contribution in [0.15, 0.2) is 48.8 Å². The molecule has 108 valence electrons. The van der Waals surface area contributed by atoms with Crippen LogP contribution < -0.4 is 15.5 Å². The van der Waals surface area contributed by atoms with E-state index in [1.165, 1.54) is 0 Å². The van der Waals surface area contributed by atoms with Crippen LogP contribution in [-0.2, 0) is 0 Å². The van der Waals surface area contributed by atoms with Crippen molar-refractivity contribution in [1.82, 2.24) is 10.6 Å². The summed E-state index contributed by atoms with van der Waals surface area (Å²) in [6.45, 7) is 9.36. The number of carbonyl (C=O) groups is 1. The number of hydrogen-bond acceptors (Lipinski definition) is 3. The number of benzene rings is 1. The summed E-state index contributed by atoms with van der Waals surface area (Å²) in [6.07, 6.45) is 3.69. The Bertz CT molecular complexity index is 494. The number of nitrogens with one attached hydrogen (secondary N) is 2. The third-order valence-corrected chi connectivity index (χ3v) is 3.08. The Kier molecular flexibility index (Phi) is 6.37. The summed E-state index contributed by atoms with van der Waals surface area (Å²) >= 11 is 0. The molecule has 0 saturated heterocycles. The van der Waals surface area contributed by atoms with E-state index in [1.54, 1.807) is 13.2 Å². The number of carbonyl (C=O) groups excluding carboxylic acids is 1. The molecule has 0 aliphatic heterocycles. The zero-order valence-corrected chi connectivity index (χ0v) is 12.4. The van der Waals surface area contributed by atoms with Gasteiger partial charge in [-0.3, -0.25) is 4.79 Å².